The molecule has 0 heterocycles. The molecule has 0 fully saturated rings. The van der Waals surface area contributed by atoms with E-state index in [-0.39, 0.29) is 24.2 Å². The molecule has 31 heavy (non-hydrogen) atoms. The smallest absolute Gasteiger partial charge is 0.261 e. The average molecular weight is 508 g/mol. The van der Waals surface area contributed by atoms with Gasteiger partial charge in [0.2, 0.25) is 0 Å². The van der Waals surface area contributed by atoms with Crippen molar-refractivity contribution in [2.45, 2.75) is 20.3 Å². The number of rotatable bonds is 9. The van der Waals surface area contributed by atoms with Crippen LogP contribution in [0.25, 0.3) is 0 Å². The fraction of sp³-hybridized carbons (Fsp3) is 0.318. The maximum Gasteiger partial charge on any atom is 0.261 e. The third-order valence-electron chi connectivity index (χ3n) is 4.18. The number of ether oxygens (including phenoxy) is 1. The molecule has 4 N–H and O–H groups in total. The van der Waals surface area contributed by atoms with Crippen LogP contribution in [0.2, 0.25) is 0 Å². The normalized spacial score (nSPS) is 10.5. The molecule has 166 valence electrons. The second-order valence-corrected chi connectivity index (χ2v) is 8.43. The van der Waals surface area contributed by atoms with Gasteiger partial charge in [0, 0.05) is 11.0 Å². The molecule has 0 aromatic heterocycles. The summed E-state index contributed by atoms with van der Waals surface area (Å²) in [6, 6.07) is 11.9. The first kappa shape index (κ1) is 24.8. The number of halogens is 1. The lowest BCUT2D eigenvalue weighted by molar-refractivity contribution is 0.0944. The van der Waals surface area contributed by atoms with E-state index in [0.717, 1.165) is 10.9 Å². The van der Waals surface area contributed by atoms with Crippen LogP contribution in [0.15, 0.2) is 46.9 Å². The zero-order chi connectivity index (χ0) is 22.8. The average Bonchev–Trinajstić information content (AvgIpc) is 2.73. The van der Waals surface area contributed by atoms with Crippen LogP contribution >= 0.6 is 28.1 Å². The van der Waals surface area contributed by atoms with Crippen LogP contribution in [-0.4, -0.2) is 41.8 Å². The van der Waals surface area contributed by atoms with E-state index in [9.17, 15) is 9.59 Å². The monoisotopic (exact) mass is 507 g/mol. The third-order valence-corrected chi connectivity index (χ3v) is 4.88. The van der Waals surface area contributed by atoms with Gasteiger partial charge in [0.1, 0.15) is 5.75 Å². The van der Waals surface area contributed by atoms with Crippen LogP contribution in [-0.2, 0) is 0 Å². The van der Waals surface area contributed by atoms with Gasteiger partial charge >= 0.3 is 0 Å². The highest BCUT2D eigenvalue weighted by atomic mass is 79.9. The summed E-state index contributed by atoms with van der Waals surface area (Å²) >= 11 is 8.65. The number of nitrogens with one attached hydrogen (secondary N) is 3. The van der Waals surface area contributed by atoms with Gasteiger partial charge in [-0.2, -0.15) is 0 Å². The molecule has 2 aromatic rings. The minimum atomic E-state index is -0.430. The number of benzene rings is 2. The van der Waals surface area contributed by atoms with Gasteiger partial charge in [-0.05, 0) is 54.9 Å². The predicted molar refractivity (Wildman–Crippen MR) is 129 cm³/mol. The van der Waals surface area contributed by atoms with Crippen molar-refractivity contribution in [1.82, 2.24) is 10.6 Å². The zero-order valence-electron chi connectivity index (χ0n) is 17.4. The summed E-state index contributed by atoms with van der Waals surface area (Å²) in [5, 5.41) is 17.0. The van der Waals surface area contributed by atoms with Crippen LogP contribution in [0, 0.1) is 5.92 Å². The van der Waals surface area contributed by atoms with E-state index >= 15 is 0 Å². The van der Waals surface area contributed by atoms with Crippen LogP contribution in [0.4, 0.5) is 5.69 Å². The Morgan fingerprint density at radius 2 is 1.87 bits per heavy atom. The van der Waals surface area contributed by atoms with Crippen molar-refractivity contribution < 1.29 is 19.4 Å². The number of aliphatic hydroxyl groups excluding tert-OH is 1. The van der Waals surface area contributed by atoms with E-state index in [4.69, 9.17) is 22.1 Å². The van der Waals surface area contributed by atoms with E-state index in [0.29, 0.717) is 35.1 Å². The number of aliphatic hydroxyl groups is 1. The van der Waals surface area contributed by atoms with Crippen LogP contribution in [0.5, 0.6) is 5.75 Å². The highest BCUT2D eigenvalue weighted by molar-refractivity contribution is 9.10. The van der Waals surface area contributed by atoms with Crippen LogP contribution in [0.1, 0.15) is 41.0 Å². The number of carbonyl (C=O) groups excluding carboxylic acids is 2. The molecular formula is C22H26BrN3O4S. The second-order valence-electron chi connectivity index (χ2n) is 7.10. The second kappa shape index (κ2) is 12.4. The van der Waals surface area contributed by atoms with E-state index in [1.807, 2.05) is 0 Å². The molecule has 0 saturated carbocycles. The maximum absolute atomic E-state index is 12.8. The fourth-order valence-electron chi connectivity index (χ4n) is 2.59. The number of amides is 2. The Morgan fingerprint density at radius 1 is 1.13 bits per heavy atom. The van der Waals surface area contributed by atoms with E-state index < -0.39 is 5.91 Å². The van der Waals surface area contributed by atoms with Gasteiger partial charge in [-0.15, -0.1) is 0 Å². The first-order valence-corrected chi connectivity index (χ1v) is 11.0. The molecule has 2 amide bonds. The number of para-hydroxylation sites is 1. The van der Waals surface area contributed by atoms with Gasteiger partial charge in [0.05, 0.1) is 30.0 Å². The van der Waals surface area contributed by atoms with Crippen molar-refractivity contribution in [2.24, 2.45) is 5.92 Å². The summed E-state index contributed by atoms with van der Waals surface area (Å²) < 4.78 is 6.53. The maximum atomic E-state index is 12.8. The van der Waals surface area contributed by atoms with E-state index in [1.54, 1.807) is 42.5 Å². The van der Waals surface area contributed by atoms with Gasteiger partial charge in [0.25, 0.3) is 11.8 Å². The molecule has 0 aliphatic carbocycles. The highest BCUT2D eigenvalue weighted by Crippen LogP contribution is 2.24. The Kier molecular flexibility index (Phi) is 9.90. The lowest BCUT2D eigenvalue weighted by Gasteiger charge is -2.15. The number of hydrogen-bond donors (Lipinski definition) is 4. The fourth-order valence-corrected chi connectivity index (χ4v) is 3.15. The molecule has 2 aromatic carbocycles. The van der Waals surface area contributed by atoms with E-state index in [1.165, 1.54) is 0 Å². The summed E-state index contributed by atoms with van der Waals surface area (Å²) in [4.78, 5) is 25.1. The summed E-state index contributed by atoms with van der Waals surface area (Å²) in [5.41, 5.74) is 1.12. The Bertz CT molecular complexity index is 937. The Hall–Kier alpha value is -2.49. The number of anilines is 1. The first-order valence-electron chi connectivity index (χ1n) is 9.84. The van der Waals surface area contributed by atoms with Gasteiger partial charge < -0.3 is 20.5 Å². The molecule has 0 spiro atoms. The van der Waals surface area contributed by atoms with Crippen molar-refractivity contribution in [3.63, 3.8) is 0 Å². The Labute approximate surface area is 195 Å². The number of thiocarbonyl (C=S) groups is 1. The molecule has 2 rings (SSSR count). The molecule has 0 radical (unpaired) electrons. The van der Waals surface area contributed by atoms with Gasteiger partial charge in [-0.3, -0.25) is 14.9 Å². The SMILES string of the molecule is CC(C)CCOc1ccc(Br)cc1C(=O)NC(=S)Nc1ccccc1C(=O)NCCO. The topological polar surface area (TPSA) is 99.7 Å². The van der Waals surface area contributed by atoms with Gasteiger partial charge in [-0.1, -0.05) is 41.9 Å². The lowest BCUT2D eigenvalue weighted by atomic mass is 10.1. The highest BCUT2D eigenvalue weighted by Gasteiger charge is 2.17. The minimum Gasteiger partial charge on any atom is -0.493 e. The quantitative estimate of drug-likeness (QED) is 0.386. The van der Waals surface area contributed by atoms with Crippen molar-refractivity contribution in [3.8, 4) is 5.75 Å². The molecule has 0 bridgehead atoms. The van der Waals surface area contributed by atoms with Crippen molar-refractivity contribution in [2.75, 3.05) is 25.1 Å². The summed E-state index contributed by atoms with van der Waals surface area (Å²) in [7, 11) is 0. The molecule has 0 unspecified atom stereocenters. The lowest BCUT2D eigenvalue weighted by Crippen LogP contribution is -2.35. The zero-order valence-corrected chi connectivity index (χ0v) is 19.8. The Balaban J connectivity index is 2.09. The van der Waals surface area contributed by atoms with Crippen molar-refractivity contribution in [3.05, 3.63) is 58.1 Å². The predicted octanol–water partition coefficient (Wildman–Crippen LogP) is 3.72. The van der Waals surface area contributed by atoms with Crippen LogP contribution < -0.4 is 20.7 Å². The largest absolute Gasteiger partial charge is 0.493 e. The summed E-state index contributed by atoms with van der Waals surface area (Å²) in [5.74, 6) is 0.159. The molecular weight excluding hydrogens is 482 g/mol. The van der Waals surface area contributed by atoms with Crippen molar-refractivity contribution in [1.29, 1.82) is 0 Å². The standard InChI is InChI=1S/C22H26BrN3O4S/c1-14(2)9-12-30-19-8-7-15(23)13-17(19)21(29)26-22(31)25-18-6-4-3-5-16(18)20(28)24-10-11-27/h3-8,13-14,27H,9-12H2,1-2H3,(H,24,28)(H2,25,26,29,31). The van der Waals surface area contributed by atoms with Crippen molar-refractivity contribution >= 4 is 50.8 Å². The summed E-state index contributed by atoms with van der Waals surface area (Å²) in [6.45, 7) is 4.68. The van der Waals surface area contributed by atoms with E-state index in [2.05, 4.69) is 45.7 Å². The van der Waals surface area contributed by atoms with Gasteiger partial charge in [0.15, 0.2) is 5.11 Å². The Morgan fingerprint density at radius 3 is 2.58 bits per heavy atom. The number of hydrogen-bond acceptors (Lipinski definition) is 5. The molecule has 0 saturated heterocycles. The third kappa shape index (κ3) is 7.93. The molecule has 0 aliphatic heterocycles. The minimum absolute atomic E-state index is 0.0421. The first-order chi connectivity index (χ1) is 14.8. The van der Waals surface area contributed by atoms with Gasteiger partial charge in [-0.25, -0.2) is 0 Å². The molecule has 0 atom stereocenters. The number of carbonyl (C=O) groups is 2. The van der Waals surface area contributed by atoms with Crippen LogP contribution in [0.3, 0.4) is 0 Å². The molecule has 9 heteroatoms. The molecule has 7 nitrogen and oxygen atoms in total. The summed E-state index contributed by atoms with van der Waals surface area (Å²) in [6.07, 6.45) is 0.867. The molecule has 0 aliphatic rings.